The smallest absolute Gasteiger partial charge is 0.338 e. The Balaban J connectivity index is 2.07. The lowest BCUT2D eigenvalue weighted by molar-refractivity contribution is -0.0549. The summed E-state index contributed by atoms with van der Waals surface area (Å²) in [5.74, 6) is 0.255. The Kier molecular flexibility index (Phi) is 3.51. The van der Waals surface area contributed by atoms with E-state index in [1.165, 1.54) is 6.42 Å². The van der Waals surface area contributed by atoms with Crippen molar-refractivity contribution in [3.8, 4) is 0 Å². The molecule has 2 rings (SSSR count). The van der Waals surface area contributed by atoms with Gasteiger partial charge in [-0.1, -0.05) is 31.5 Å². The van der Waals surface area contributed by atoms with Crippen LogP contribution in [0.4, 0.5) is 0 Å². The first-order valence-electron chi connectivity index (χ1n) is 6.40. The Morgan fingerprint density at radius 2 is 2.00 bits per heavy atom. The molecule has 0 heterocycles. The lowest BCUT2D eigenvalue weighted by atomic mass is 9.77. The van der Waals surface area contributed by atoms with Crippen molar-refractivity contribution in [2.75, 3.05) is 0 Å². The fourth-order valence-electron chi connectivity index (χ4n) is 2.47. The van der Waals surface area contributed by atoms with Gasteiger partial charge in [0.25, 0.3) is 0 Å². The van der Waals surface area contributed by atoms with Crippen LogP contribution in [0.25, 0.3) is 0 Å². The van der Waals surface area contributed by atoms with E-state index >= 15 is 0 Å². The molecule has 2 unspecified atom stereocenters. The van der Waals surface area contributed by atoms with Crippen LogP contribution in [0.3, 0.4) is 0 Å². The molecule has 0 saturated heterocycles. The van der Waals surface area contributed by atoms with E-state index in [0.29, 0.717) is 11.5 Å². The van der Waals surface area contributed by atoms with Crippen LogP contribution < -0.4 is 0 Å². The van der Waals surface area contributed by atoms with Gasteiger partial charge in [0.05, 0.1) is 5.56 Å². The number of benzene rings is 1. The number of ether oxygens (including phenoxy) is 1. The van der Waals surface area contributed by atoms with Gasteiger partial charge in [0.15, 0.2) is 0 Å². The number of hydrogen-bond donors (Lipinski definition) is 0. The van der Waals surface area contributed by atoms with E-state index in [9.17, 15) is 4.79 Å². The molecule has 0 aromatic heterocycles. The first-order valence-corrected chi connectivity index (χ1v) is 6.40. The van der Waals surface area contributed by atoms with Gasteiger partial charge in [0.1, 0.15) is 5.60 Å². The second kappa shape index (κ2) is 4.91. The van der Waals surface area contributed by atoms with E-state index in [1.807, 2.05) is 18.2 Å². The molecular weight excluding hydrogens is 212 g/mol. The molecule has 2 nitrogen and oxygen atoms in total. The Morgan fingerprint density at radius 1 is 1.29 bits per heavy atom. The molecule has 1 saturated carbocycles. The van der Waals surface area contributed by atoms with Crippen LogP contribution in [0, 0.1) is 5.92 Å². The minimum absolute atomic E-state index is 0.193. The van der Waals surface area contributed by atoms with Gasteiger partial charge in [0.2, 0.25) is 0 Å². The van der Waals surface area contributed by atoms with Gasteiger partial charge >= 0.3 is 5.97 Å². The summed E-state index contributed by atoms with van der Waals surface area (Å²) in [5.41, 5.74) is 0.358. The van der Waals surface area contributed by atoms with Crippen molar-refractivity contribution >= 4 is 5.97 Å². The van der Waals surface area contributed by atoms with E-state index in [1.54, 1.807) is 12.1 Å². The first-order chi connectivity index (χ1) is 8.12. The van der Waals surface area contributed by atoms with Crippen molar-refractivity contribution in [1.29, 1.82) is 0 Å². The zero-order valence-electron chi connectivity index (χ0n) is 10.6. The van der Waals surface area contributed by atoms with E-state index in [2.05, 4.69) is 13.8 Å². The van der Waals surface area contributed by atoms with Gasteiger partial charge in [-0.15, -0.1) is 0 Å². The molecule has 1 fully saturated rings. The van der Waals surface area contributed by atoms with Crippen LogP contribution in [-0.4, -0.2) is 11.6 Å². The maximum atomic E-state index is 12.0. The Labute approximate surface area is 103 Å². The van der Waals surface area contributed by atoms with Gasteiger partial charge in [-0.25, -0.2) is 4.79 Å². The van der Waals surface area contributed by atoms with Gasteiger partial charge in [-0.05, 0) is 44.2 Å². The highest BCUT2D eigenvalue weighted by atomic mass is 16.6. The van der Waals surface area contributed by atoms with Crippen molar-refractivity contribution in [2.24, 2.45) is 5.92 Å². The maximum absolute atomic E-state index is 12.0. The molecular formula is C15H20O2. The summed E-state index contributed by atoms with van der Waals surface area (Å²) in [4.78, 5) is 12.0. The monoisotopic (exact) mass is 232 g/mol. The van der Waals surface area contributed by atoms with Crippen molar-refractivity contribution < 1.29 is 9.53 Å². The van der Waals surface area contributed by atoms with Crippen LogP contribution in [0.15, 0.2) is 30.3 Å². The molecule has 1 aromatic carbocycles. The van der Waals surface area contributed by atoms with Gasteiger partial charge in [-0.3, -0.25) is 0 Å². The van der Waals surface area contributed by atoms with Gasteiger partial charge in [0, 0.05) is 0 Å². The summed E-state index contributed by atoms with van der Waals surface area (Å²) in [5, 5.41) is 0. The molecule has 2 atom stereocenters. The van der Waals surface area contributed by atoms with Crippen molar-refractivity contribution in [2.45, 2.75) is 45.1 Å². The predicted molar refractivity (Wildman–Crippen MR) is 67.9 cm³/mol. The molecule has 0 bridgehead atoms. The second-order valence-corrected chi connectivity index (χ2v) is 5.22. The fourth-order valence-corrected chi connectivity index (χ4v) is 2.47. The summed E-state index contributed by atoms with van der Waals surface area (Å²) in [6, 6.07) is 9.24. The summed E-state index contributed by atoms with van der Waals surface area (Å²) in [6.07, 6.45) is 4.54. The summed E-state index contributed by atoms with van der Waals surface area (Å²) < 4.78 is 5.74. The average molecular weight is 232 g/mol. The van der Waals surface area contributed by atoms with Gasteiger partial charge in [-0.2, -0.15) is 0 Å². The highest BCUT2D eigenvalue weighted by Gasteiger charge is 2.37. The summed E-state index contributed by atoms with van der Waals surface area (Å²) >= 11 is 0. The van der Waals surface area contributed by atoms with Crippen LogP contribution >= 0.6 is 0 Å². The topological polar surface area (TPSA) is 26.3 Å². The molecule has 1 aliphatic carbocycles. The molecule has 1 aliphatic rings. The molecule has 92 valence electrons. The minimum atomic E-state index is -0.287. The van der Waals surface area contributed by atoms with Crippen LogP contribution in [0.5, 0.6) is 0 Å². The van der Waals surface area contributed by atoms with Crippen LogP contribution in [0.2, 0.25) is 0 Å². The van der Waals surface area contributed by atoms with Crippen molar-refractivity contribution in [1.82, 2.24) is 0 Å². The molecule has 0 radical (unpaired) electrons. The van der Waals surface area contributed by atoms with Crippen LogP contribution in [-0.2, 0) is 4.74 Å². The third-order valence-corrected chi connectivity index (χ3v) is 3.94. The molecule has 2 heteroatoms. The lowest BCUT2D eigenvalue weighted by Gasteiger charge is -2.39. The van der Waals surface area contributed by atoms with Crippen molar-refractivity contribution in [3.63, 3.8) is 0 Å². The number of rotatable bonds is 2. The summed E-state index contributed by atoms with van der Waals surface area (Å²) in [7, 11) is 0. The lowest BCUT2D eigenvalue weighted by Crippen LogP contribution is -2.40. The largest absolute Gasteiger partial charge is 0.455 e. The highest BCUT2D eigenvalue weighted by Crippen LogP contribution is 2.36. The van der Waals surface area contributed by atoms with Crippen molar-refractivity contribution in [3.05, 3.63) is 35.9 Å². The quantitative estimate of drug-likeness (QED) is 0.725. The second-order valence-electron chi connectivity index (χ2n) is 5.22. The zero-order chi connectivity index (χ0) is 12.3. The minimum Gasteiger partial charge on any atom is -0.455 e. The number of carbonyl (C=O) groups excluding carboxylic acids is 1. The SMILES string of the molecule is CC1CCCCC1(C)OC(=O)c1ccccc1. The first kappa shape index (κ1) is 12.2. The Hall–Kier alpha value is -1.31. The molecule has 0 aliphatic heterocycles. The Bertz CT molecular complexity index is 385. The van der Waals surface area contributed by atoms with Gasteiger partial charge < -0.3 is 4.74 Å². The molecule has 17 heavy (non-hydrogen) atoms. The fraction of sp³-hybridized carbons (Fsp3) is 0.533. The van der Waals surface area contributed by atoms with Crippen LogP contribution in [0.1, 0.15) is 49.9 Å². The summed E-state index contributed by atoms with van der Waals surface area (Å²) in [6.45, 7) is 4.25. The third kappa shape index (κ3) is 2.68. The average Bonchev–Trinajstić information content (AvgIpc) is 2.34. The normalized spacial score (nSPS) is 28.7. The molecule has 1 aromatic rings. The third-order valence-electron chi connectivity index (χ3n) is 3.94. The predicted octanol–water partition coefficient (Wildman–Crippen LogP) is 3.81. The molecule has 0 spiro atoms. The zero-order valence-corrected chi connectivity index (χ0v) is 10.6. The number of hydrogen-bond acceptors (Lipinski definition) is 2. The van der Waals surface area contributed by atoms with E-state index in [0.717, 1.165) is 19.3 Å². The molecule has 0 amide bonds. The molecule has 0 N–H and O–H groups in total. The van der Waals surface area contributed by atoms with E-state index in [4.69, 9.17) is 4.74 Å². The standard InChI is InChI=1S/C15H20O2/c1-12-8-6-7-11-15(12,2)17-14(16)13-9-4-3-5-10-13/h3-5,9-10,12H,6-8,11H2,1-2H3. The number of esters is 1. The highest BCUT2D eigenvalue weighted by molar-refractivity contribution is 5.89. The maximum Gasteiger partial charge on any atom is 0.338 e. The van der Waals surface area contributed by atoms with E-state index < -0.39 is 0 Å². The Morgan fingerprint density at radius 3 is 2.65 bits per heavy atom. The van der Waals surface area contributed by atoms with E-state index in [-0.39, 0.29) is 11.6 Å². The number of carbonyl (C=O) groups is 1.